The minimum absolute atomic E-state index is 0.0229. The van der Waals surface area contributed by atoms with Gasteiger partial charge in [0, 0.05) is 32.4 Å². The Morgan fingerprint density at radius 3 is 2.41 bits per heavy atom. The Balaban J connectivity index is 1.54. The van der Waals surface area contributed by atoms with Gasteiger partial charge >= 0.3 is 0 Å². The number of halogens is 1. The Bertz CT molecular complexity index is 993. The fourth-order valence-electron chi connectivity index (χ4n) is 3.77. The number of anilines is 1. The smallest absolute Gasteiger partial charge is 0.257 e. The van der Waals surface area contributed by atoms with Gasteiger partial charge in [-0.25, -0.2) is 9.67 Å². The van der Waals surface area contributed by atoms with E-state index >= 15 is 0 Å². The summed E-state index contributed by atoms with van der Waals surface area (Å²) in [4.78, 5) is 21.8. The van der Waals surface area contributed by atoms with Crippen LogP contribution in [0.5, 0.6) is 0 Å². The molecule has 1 fully saturated rings. The molecule has 1 saturated heterocycles. The van der Waals surface area contributed by atoms with Crippen molar-refractivity contribution in [3.63, 3.8) is 0 Å². The summed E-state index contributed by atoms with van der Waals surface area (Å²) in [6, 6.07) is 13.5. The monoisotopic (exact) mass is 409 g/mol. The molecule has 7 heteroatoms. The third-order valence-corrected chi connectivity index (χ3v) is 5.53. The van der Waals surface area contributed by atoms with Crippen molar-refractivity contribution >= 4 is 23.2 Å². The molecular formula is C22H24ClN5O. The van der Waals surface area contributed by atoms with Crippen molar-refractivity contribution in [2.75, 3.05) is 31.1 Å². The average molecular weight is 410 g/mol. The number of amides is 1. The highest BCUT2D eigenvalue weighted by Crippen LogP contribution is 2.27. The molecule has 0 saturated carbocycles. The molecular weight excluding hydrogens is 386 g/mol. The molecule has 0 radical (unpaired) electrons. The largest absolute Gasteiger partial charge is 0.367 e. The molecule has 1 aromatic carbocycles. The molecule has 1 aliphatic heterocycles. The van der Waals surface area contributed by atoms with Gasteiger partial charge in [-0.05, 0) is 30.2 Å². The molecule has 0 bridgehead atoms. The molecule has 0 N–H and O–H groups in total. The summed E-state index contributed by atoms with van der Waals surface area (Å²) >= 11 is 6.33. The molecule has 0 spiro atoms. The summed E-state index contributed by atoms with van der Waals surface area (Å²) in [5.41, 5.74) is 2.56. The fraction of sp³-hybridized carbons (Fsp3) is 0.318. The first-order chi connectivity index (χ1) is 14.1. The zero-order valence-electron chi connectivity index (χ0n) is 16.6. The first kappa shape index (κ1) is 19.5. The lowest BCUT2D eigenvalue weighted by Crippen LogP contribution is -2.49. The van der Waals surface area contributed by atoms with Crippen LogP contribution in [0.15, 0.2) is 54.9 Å². The van der Waals surface area contributed by atoms with Gasteiger partial charge < -0.3 is 9.80 Å². The van der Waals surface area contributed by atoms with Gasteiger partial charge in [-0.3, -0.25) is 4.79 Å². The van der Waals surface area contributed by atoms with E-state index in [1.165, 1.54) is 0 Å². The third-order valence-electron chi connectivity index (χ3n) is 5.21. The highest BCUT2D eigenvalue weighted by molar-refractivity contribution is 6.33. The SMILES string of the molecule is CC(C)c1c(C(=O)N2CCN(c3ccccc3Cl)CC2)cnn1-c1ccccn1. The van der Waals surface area contributed by atoms with Crippen LogP contribution >= 0.6 is 11.6 Å². The minimum atomic E-state index is 0.0229. The van der Waals surface area contributed by atoms with Crippen molar-refractivity contribution < 1.29 is 4.79 Å². The normalized spacial score (nSPS) is 14.5. The van der Waals surface area contributed by atoms with Gasteiger partial charge in [-0.2, -0.15) is 5.10 Å². The Morgan fingerprint density at radius 1 is 1.03 bits per heavy atom. The van der Waals surface area contributed by atoms with Gasteiger partial charge in [0.15, 0.2) is 5.82 Å². The summed E-state index contributed by atoms with van der Waals surface area (Å²) in [6.07, 6.45) is 3.41. The molecule has 1 aliphatic rings. The predicted molar refractivity (Wildman–Crippen MR) is 115 cm³/mol. The van der Waals surface area contributed by atoms with Crippen LogP contribution in [-0.2, 0) is 0 Å². The molecule has 29 heavy (non-hydrogen) atoms. The molecule has 6 nitrogen and oxygen atoms in total. The lowest BCUT2D eigenvalue weighted by Gasteiger charge is -2.36. The van der Waals surface area contributed by atoms with Crippen LogP contribution in [0.3, 0.4) is 0 Å². The van der Waals surface area contributed by atoms with Crippen molar-refractivity contribution in [1.29, 1.82) is 0 Å². The highest BCUT2D eigenvalue weighted by atomic mass is 35.5. The van der Waals surface area contributed by atoms with Crippen LogP contribution in [-0.4, -0.2) is 51.8 Å². The van der Waals surface area contributed by atoms with Crippen LogP contribution in [0.25, 0.3) is 5.82 Å². The molecule has 0 atom stereocenters. The van der Waals surface area contributed by atoms with Crippen molar-refractivity contribution in [3.8, 4) is 5.82 Å². The average Bonchev–Trinajstić information content (AvgIpc) is 3.20. The number of rotatable bonds is 4. The molecule has 4 rings (SSSR count). The maximum absolute atomic E-state index is 13.3. The summed E-state index contributed by atoms with van der Waals surface area (Å²) in [5, 5.41) is 5.22. The number of para-hydroxylation sites is 1. The van der Waals surface area contributed by atoms with E-state index in [0.29, 0.717) is 18.7 Å². The second kappa shape index (κ2) is 8.25. The molecule has 0 unspecified atom stereocenters. The van der Waals surface area contributed by atoms with Crippen LogP contribution in [0.4, 0.5) is 5.69 Å². The highest BCUT2D eigenvalue weighted by Gasteiger charge is 2.28. The second-order valence-electron chi connectivity index (χ2n) is 7.43. The lowest BCUT2D eigenvalue weighted by atomic mass is 10.0. The van der Waals surface area contributed by atoms with Crippen molar-refractivity contribution in [1.82, 2.24) is 19.7 Å². The summed E-state index contributed by atoms with van der Waals surface area (Å²) in [6.45, 7) is 6.94. The number of carbonyl (C=O) groups is 1. The number of benzene rings is 1. The molecule has 3 heterocycles. The van der Waals surface area contributed by atoms with Gasteiger partial charge in [0.1, 0.15) is 0 Å². The Kier molecular flexibility index (Phi) is 5.53. The van der Waals surface area contributed by atoms with E-state index in [9.17, 15) is 4.79 Å². The minimum Gasteiger partial charge on any atom is -0.367 e. The quantitative estimate of drug-likeness (QED) is 0.653. The van der Waals surface area contributed by atoms with Gasteiger partial charge in [-0.15, -0.1) is 0 Å². The van der Waals surface area contributed by atoms with E-state index in [1.54, 1.807) is 17.1 Å². The van der Waals surface area contributed by atoms with Gasteiger partial charge in [0.2, 0.25) is 0 Å². The topological polar surface area (TPSA) is 54.3 Å². The van der Waals surface area contributed by atoms with E-state index in [1.807, 2.05) is 47.4 Å². The molecule has 150 valence electrons. The summed E-state index contributed by atoms with van der Waals surface area (Å²) in [7, 11) is 0. The molecule has 2 aromatic heterocycles. The molecule has 1 amide bonds. The van der Waals surface area contributed by atoms with E-state index < -0.39 is 0 Å². The van der Waals surface area contributed by atoms with Crippen LogP contribution in [0, 0.1) is 0 Å². The van der Waals surface area contributed by atoms with Crippen LogP contribution in [0.2, 0.25) is 5.02 Å². The number of hydrogen-bond donors (Lipinski definition) is 0. The van der Waals surface area contributed by atoms with E-state index in [2.05, 4.69) is 28.8 Å². The van der Waals surface area contributed by atoms with Crippen molar-refractivity contribution in [2.24, 2.45) is 0 Å². The standard InChI is InChI=1S/C22H24ClN5O/c1-16(2)21-17(15-25-28(21)20-9-5-6-10-24-20)22(29)27-13-11-26(12-14-27)19-8-4-3-7-18(19)23/h3-10,15-16H,11-14H2,1-2H3. The first-order valence-electron chi connectivity index (χ1n) is 9.84. The zero-order chi connectivity index (χ0) is 20.4. The summed E-state index contributed by atoms with van der Waals surface area (Å²) < 4.78 is 1.78. The number of piperazine rings is 1. The fourth-order valence-corrected chi connectivity index (χ4v) is 4.02. The Hall–Kier alpha value is -2.86. The first-order valence-corrected chi connectivity index (χ1v) is 10.2. The van der Waals surface area contributed by atoms with Gasteiger partial charge in [0.05, 0.1) is 28.2 Å². The van der Waals surface area contributed by atoms with Crippen LogP contribution < -0.4 is 4.90 Å². The number of hydrogen-bond acceptors (Lipinski definition) is 4. The predicted octanol–water partition coefficient (Wildman–Crippen LogP) is 4.01. The zero-order valence-corrected chi connectivity index (χ0v) is 17.4. The Morgan fingerprint density at radius 2 is 1.76 bits per heavy atom. The number of pyridine rings is 1. The third kappa shape index (κ3) is 3.85. The summed E-state index contributed by atoms with van der Waals surface area (Å²) in [5.74, 6) is 0.886. The van der Waals surface area contributed by atoms with E-state index in [0.717, 1.165) is 35.3 Å². The van der Waals surface area contributed by atoms with Crippen molar-refractivity contribution in [2.45, 2.75) is 19.8 Å². The lowest BCUT2D eigenvalue weighted by molar-refractivity contribution is 0.0745. The van der Waals surface area contributed by atoms with Crippen LogP contribution in [0.1, 0.15) is 35.8 Å². The van der Waals surface area contributed by atoms with Gasteiger partial charge in [0.25, 0.3) is 5.91 Å². The van der Waals surface area contributed by atoms with Gasteiger partial charge in [-0.1, -0.05) is 43.6 Å². The van der Waals surface area contributed by atoms with Crippen molar-refractivity contribution in [3.05, 3.63) is 71.1 Å². The van der Waals surface area contributed by atoms with E-state index in [4.69, 9.17) is 11.6 Å². The maximum atomic E-state index is 13.3. The van der Waals surface area contributed by atoms with E-state index in [-0.39, 0.29) is 11.8 Å². The maximum Gasteiger partial charge on any atom is 0.257 e. The molecule has 3 aromatic rings. The Labute approximate surface area is 175 Å². The second-order valence-corrected chi connectivity index (χ2v) is 7.84. The number of aromatic nitrogens is 3. The molecule has 0 aliphatic carbocycles. The number of carbonyl (C=O) groups excluding carboxylic acids is 1. The number of nitrogens with zero attached hydrogens (tertiary/aromatic N) is 5.